The van der Waals surface area contributed by atoms with E-state index in [4.69, 9.17) is 5.73 Å². The quantitative estimate of drug-likeness (QED) is 0.772. The molecule has 0 amide bonds. The van der Waals surface area contributed by atoms with Crippen LogP contribution >= 0.6 is 11.3 Å². The van der Waals surface area contributed by atoms with Crippen molar-refractivity contribution >= 4 is 42.4 Å². The number of rotatable bonds is 3. The van der Waals surface area contributed by atoms with E-state index in [9.17, 15) is 8.42 Å². The molecule has 3 N–H and O–H groups in total. The summed E-state index contributed by atoms with van der Waals surface area (Å²) in [6.07, 6.45) is 1.38. The third kappa shape index (κ3) is 2.30. The summed E-state index contributed by atoms with van der Waals surface area (Å²) >= 11 is 1.25. The maximum absolute atomic E-state index is 12.2. The third-order valence-corrected chi connectivity index (χ3v) is 4.96. The van der Waals surface area contributed by atoms with Gasteiger partial charge in [0.1, 0.15) is 0 Å². The number of hydrogen-bond donors (Lipinski definition) is 2. The summed E-state index contributed by atoms with van der Waals surface area (Å²) in [6.45, 7) is 0. The lowest BCUT2D eigenvalue weighted by Crippen LogP contribution is -2.16. The van der Waals surface area contributed by atoms with Crippen molar-refractivity contribution in [2.24, 2.45) is 0 Å². The summed E-state index contributed by atoms with van der Waals surface area (Å²) < 4.78 is 27.7. The summed E-state index contributed by atoms with van der Waals surface area (Å²) in [5.41, 5.74) is 6.48. The van der Waals surface area contributed by atoms with Crippen LogP contribution in [0.15, 0.2) is 47.6 Å². The minimum absolute atomic E-state index is 0.0983. The summed E-state index contributed by atoms with van der Waals surface area (Å²) in [5.74, 6) is 0. The van der Waals surface area contributed by atoms with Gasteiger partial charge in [0.25, 0.3) is 10.0 Å². The molecule has 6 nitrogen and oxygen atoms in total. The number of anilines is 2. The normalized spacial score (nSPS) is 11.6. The van der Waals surface area contributed by atoms with E-state index in [2.05, 4.69) is 14.7 Å². The Morgan fingerprint density at radius 2 is 1.95 bits per heavy atom. The molecule has 0 saturated heterocycles. The van der Waals surface area contributed by atoms with Crippen LogP contribution in [-0.4, -0.2) is 18.4 Å². The standard InChI is InChI=1S/C12H10N4O2S2/c13-8-4-3-7-14-11(8)20(17,18)16-12-15-9-5-1-2-6-10(9)19-12/h1-7H,13H2,(H,15,16). The van der Waals surface area contributed by atoms with Gasteiger partial charge in [0.15, 0.2) is 10.2 Å². The number of nitrogen functional groups attached to an aromatic ring is 1. The van der Waals surface area contributed by atoms with Crippen molar-refractivity contribution in [1.82, 2.24) is 9.97 Å². The minimum Gasteiger partial charge on any atom is -0.396 e. The number of fused-ring (bicyclic) bond motifs is 1. The van der Waals surface area contributed by atoms with Crippen molar-refractivity contribution in [2.45, 2.75) is 5.03 Å². The van der Waals surface area contributed by atoms with Crippen LogP contribution in [0.5, 0.6) is 0 Å². The van der Waals surface area contributed by atoms with Crippen LogP contribution < -0.4 is 10.5 Å². The fraction of sp³-hybridized carbons (Fsp3) is 0. The van der Waals surface area contributed by atoms with Gasteiger partial charge < -0.3 is 5.73 Å². The molecule has 20 heavy (non-hydrogen) atoms. The first kappa shape index (κ1) is 12.8. The molecule has 0 unspecified atom stereocenters. The van der Waals surface area contributed by atoms with E-state index in [-0.39, 0.29) is 15.8 Å². The zero-order valence-corrected chi connectivity index (χ0v) is 11.8. The number of nitrogens with zero attached hydrogens (tertiary/aromatic N) is 2. The van der Waals surface area contributed by atoms with Gasteiger partial charge in [-0.1, -0.05) is 23.5 Å². The SMILES string of the molecule is Nc1cccnc1S(=O)(=O)Nc1nc2ccccc2s1. The molecule has 0 fully saturated rings. The monoisotopic (exact) mass is 306 g/mol. The number of aromatic nitrogens is 2. The highest BCUT2D eigenvalue weighted by Crippen LogP contribution is 2.27. The van der Waals surface area contributed by atoms with Crippen molar-refractivity contribution < 1.29 is 8.42 Å². The molecule has 0 spiro atoms. The molecule has 0 atom stereocenters. The Kier molecular flexibility index (Phi) is 3.03. The molecular formula is C12H10N4O2S2. The van der Waals surface area contributed by atoms with Gasteiger partial charge in [-0.05, 0) is 24.3 Å². The fourth-order valence-corrected chi connectivity index (χ4v) is 3.87. The van der Waals surface area contributed by atoms with Gasteiger partial charge in [-0.2, -0.15) is 8.42 Å². The zero-order chi connectivity index (χ0) is 14.2. The van der Waals surface area contributed by atoms with Crippen molar-refractivity contribution in [3.8, 4) is 0 Å². The van der Waals surface area contributed by atoms with E-state index in [0.29, 0.717) is 0 Å². The largest absolute Gasteiger partial charge is 0.396 e. The summed E-state index contributed by atoms with van der Waals surface area (Å²) in [4.78, 5) is 8.01. The predicted molar refractivity (Wildman–Crippen MR) is 79.1 cm³/mol. The summed E-state index contributed by atoms with van der Waals surface area (Å²) in [5, 5.41) is 0.0931. The van der Waals surface area contributed by atoms with E-state index in [1.807, 2.05) is 24.3 Å². The first-order chi connectivity index (χ1) is 9.56. The van der Waals surface area contributed by atoms with Crippen molar-refractivity contribution in [2.75, 3.05) is 10.5 Å². The number of sulfonamides is 1. The van der Waals surface area contributed by atoms with Gasteiger partial charge >= 0.3 is 0 Å². The molecule has 0 bridgehead atoms. The second-order valence-electron chi connectivity index (χ2n) is 3.99. The first-order valence-electron chi connectivity index (χ1n) is 5.65. The molecule has 0 aliphatic rings. The van der Waals surface area contributed by atoms with E-state index in [1.165, 1.54) is 23.6 Å². The molecule has 2 aromatic heterocycles. The van der Waals surface area contributed by atoms with Crippen LogP contribution in [0.1, 0.15) is 0 Å². The third-order valence-electron chi connectivity index (χ3n) is 2.57. The highest BCUT2D eigenvalue weighted by atomic mass is 32.2. The van der Waals surface area contributed by atoms with Crippen LogP contribution in [0, 0.1) is 0 Å². The molecule has 102 valence electrons. The van der Waals surface area contributed by atoms with Crippen LogP contribution in [0.4, 0.5) is 10.8 Å². The molecule has 1 aromatic carbocycles. The number of benzene rings is 1. The van der Waals surface area contributed by atoms with Gasteiger partial charge in [-0.25, -0.2) is 9.97 Å². The van der Waals surface area contributed by atoms with Gasteiger partial charge in [0.05, 0.1) is 15.9 Å². The molecule has 3 aromatic rings. The predicted octanol–water partition coefficient (Wildman–Crippen LogP) is 2.07. The number of para-hydroxylation sites is 1. The second kappa shape index (κ2) is 4.73. The lowest BCUT2D eigenvalue weighted by Gasteiger charge is -2.05. The topological polar surface area (TPSA) is 98.0 Å². The first-order valence-corrected chi connectivity index (χ1v) is 7.95. The molecular weight excluding hydrogens is 296 g/mol. The van der Waals surface area contributed by atoms with Crippen LogP contribution in [0.25, 0.3) is 10.2 Å². The number of pyridine rings is 1. The molecule has 0 aliphatic heterocycles. The highest BCUT2D eigenvalue weighted by Gasteiger charge is 2.20. The Morgan fingerprint density at radius 3 is 2.70 bits per heavy atom. The average molecular weight is 306 g/mol. The van der Waals surface area contributed by atoms with Crippen molar-refractivity contribution in [3.05, 3.63) is 42.6 Å². The number of nitrogens with one attached hydrogen (secondary N) is 1. The Hall–Kier alpha value is -2.19. The zero-order valence-electron chi connectivity index (χ0n) is 10.1. The second-order valence-corrected chi connectivity index (χ2v) is 6.62. The molecule has 0 aliphatic carbocycles. The molecule has 2 heterocycles. The Labute approximate surface area is 119 Å². The Morgan fingerprint density at radius 1 is 1.15 bits per heavy atom. The van der Waals surface area contributed by atoms with Gasteiger partial charge in [-0.15, -0.1) is 0 Å². The average Bonchev–Trinajstić information content (AvgIpc) is 2.80. The maximum atomic E-state index is 12.2. The van der Waals surface area contributed by atoms with E-state index >= 15 is 0 Å². The van der Waals surface area contributed by atoms with E-state index in [1.54, 1.807) is 6.07 Å². The van der Waals surface area contributed by atoms with Crippen LogP contribution in [-0.2, 0) is 10.0 Å². The molecule has 0 saturated carbocycles. The van der Waals surface area contributed by atoms with E-state index in [0.717, 1.165) is 10.2 Å². The number of nitrogens with two attached hydrogens (primary N) is 1. The van der Waals surface area contributed by atoms with Crippen molar-refractivity contribution in [3.63, 3.8) is 0 Å². The van der Waals surface area contributed by atoms with Gasteiger partial charge in [-0.3, -0.25) is 4.72 Å². The smallest absolute Gasteiger partial charge is 0.283 e. The van der Waals surface area contributed by atoms with Crippen molar-refractivity contribution in [1.29, 1.82) is 0 Å². The lowest BCUT2D eigenvalue weighted by atomic mass is 10.3. The minimum atomic E-state index is -3.83. The van der Waals surface area contributed by atoms with E-state index < -0.39 is 10.0 Å². The molecule has 0 radical (unpaired) electrons. The fourth-order valence-electron chi connectivity index (χ4n) is 1.71. The molecule has 3 rings (SSSR count). The Bertz CT molecular complexity index is 841. The number of hydrogen-bond acceptors (Lipinski definition) is 6. The Balaban J connectivity index is 1.99. The number of thiazole rings is 1. The summed E-state index contributed by atoms with van der Waals surface area (Å²) in [6, 6.07) is 10.5. The lowest BCUT2D eigenvalue weighted by molar-refractivity contribution is 0.598. The maximum Gasteiger partial charge on any atom is 0.283 e. The highest BCUT2D eigenvalue weighted by molar-refractivity contribution is 7.93. The van der Waals surface area contributed by atoms with Crippen LogP contribution in [0.3, 0.4) is 0 Å². The van der Waals surface area contributed by atoms with Gasteiger partial charge in [0.2, 0.25) is 0 Å². The molecule has 8 heteroatoms. The summed E-state index contributed by atoms with van der Waals surface area (Å²) in [7, 11) is -3.83. The van der Waals surface area contributed by atoms with Gasteiger partial charge in [0, 0.05) is 6.20 Å². The van der Waals surface area contributed by atoms with Crippen LogP contribution in [0.2, 0.25) is 0 Å².